The van der Waals surface area contributed by atoms with Crippen molar-refractivity contribution in [1.29, 1.82) is 0 Å². The van der Waals surface area contributed by atoms with E-state index in [9.17, 15) is 0 Å². The van der Waals surface area contributed by atoms with E-state index >= 15 is 0 Å². The van der Waals surface area contributed by atoms with Gasteiger partial charge in [0.1, 0.15) is 12.4 Å². The monoisotopic (exact) mass is 283 g/mol. The molecule has 0 saturated heterocycles. The summed E-state index contributed by atoms with van der Waals surface area (Å²) in [6.07, 6.45) is 3.64. The van der Waals surface area contributed by atoms with Gasteiger partial charge in [0.05, 0.1) is 18.4 Å². The van der Waals surface area contributed by atoms with Crippen molar-refractivity contribution in [3.8, 4) is 5.75 Å². The highest BCUT2D eigenvalue weighted by Crippen LogP contribution is 2.32. The zero-order valence-corrected chi connectivity index (χ0v) is 12.1. The molecule has 0 aromatic heterocycles. The van der Waals surface area contributed by atoms with Crippen molar-refractivity contribution in [2.24, 2.45) is 0 Å². The van der Waals surface area contributed by atoms with Crippen LogP contribution in [0.2, 0.25) is 0 Å². The lowest BCUT2D eigenvalue weighted by atomic mass is 9.89. The van der Waals surface area contributed by atoms with Gasteiger partial charge in [-0.2, -0.15) is 0 Å². The Labute approximate surface area is 125 Å². The van der Waals surface area contributed by atoms with Crippen molar-refractivity contribution in [1.82, 2.24) is 0 Å². The number of para-hydroxylation sites is 2. The van der Waals surface area contributed by atoms with Crippen molar-refractivity contribution in [2.45, 2.75) is 25.4 Å². The Balaban J connectivity index is 1.52. The van der Waals surface area contributed by atoms with Crippen LogP contribution in [0.15, 0.2) is 48.5 Å². The fourth-order valence-electron chi connectivity index (χ4n) is 2.84. The molecule has 0 fully saturated rings. The lowest BCUT2D eigenvalue weighted by Gasteiger charge is -2.25. The summed E-state index contributed by atoms with van der Waals surface area (Å²) in [6.45, 7) is 1.10. The average Bonchev–Trinajstić information content (AvgIpc) is 2.53. The first kappa shape index (κ1) is 14.0. The zero-order valence-electron chi connectivity index (χ0n) is 12.1. The molecule has 2 N–H and O–H groups in total. The number of ether oxygens (including phenoxy) is 2. The molecule has 0 spiro atoms. The molecule has 0 saturated carbocycles. The molecule has 110 valence electrons. The van der Waals surface area contributed by atoms with Gasteiger partial charge in [-0.25, -0.2) is 0 Å². The maximum absolute atomic E-state index is 6.01. The number of fused-ring (bicyclic) bond motifs is 1. The summed E-state index contributed by atoms with van der Waals surface area (Å²) < 4.78 is 11.7. The van der Waals surface area contributed by atoms with E-state index in [0.29, 0.717) is 18.9 Å². The van der Waals surface area contributed by atoms with E-state index in [1.54, 1.807) is 0 Å². The highest BCUT2D eigenvalue weighted by atomic mass is 16.5. The van der Waals surface area contributed by atoms with Gasteiger partial charge in [0.25, 0.3) is 0 Å². The molecule has 0 radical (unpaired) electrons. The Morgan fingerprint density at radius 3 is 2.71 bits per heavy atom. The van der Waals surface area contributed by atoms with E-state index in [0.717, 1.165) is 18.6 Å². The zero-order chi connectivity index (χ0) is 14.5. The number of aryl methyl sites for hydroxylation is 1. The largest absolute Gasteiger partial charge is 0.489 e. The van der Waals surface area contributed by atoms with Gasteiger partial charge in [0.2, 0.25) is 0 Å². The molecule has 3 rings (SSSR count). The summed E-state index contributed by atoms with van der Waals surface area (Å²) in [5.41, 5.74) is 9.26. The fraction of sp³-hybridized carbons (Fsp3) is 0.333. The number of hydrogen-bond acceptors (Lipinski definition) is 3. The molecule has 1 atom stereocenters. The number of anilines is 1. The number of benzene rings is 2. The molecule has 3 heteroatoms. The second-order valence-corrected chi connectivity index (χ2v) is 5.34. The van der Waals surface area contributed by atoms with Gasteiger partial charge in [-0.15, -0.1) is 0 Å². The first-order chi connectivity index (χ1) is 10.3. The van der Waals surface area contributed by atoms with Crippen LogP contribution in [-0.2, 0) is 11.2 Å². The highest BCUT2D eigenvalue weighted by molar-refractivity contribution is 5.51. The van der Waals surface area contributed by atoms with Crippen molar-refractivity contribution >= 4 is 5.69 Å². The molecule has 3 nitrogen and oxygen atoms in total. The standard InChI is InChI=1S/C18H21NO2/c19-16-9-3-4-10-18(16)21-13-12-20-17-11-5-7-14-6-1-2-8-15(14)17/h1-4,6,8-10,17H,5,7,11-13,19H2. The fourth-order valence-corrected chi connectivity index (χ4v) is 2.84. The van der Waals surface area contributed by atoms with Crippen LogP contribution >= 0.6 is 0 Å². The van der Waals surface area contributed by atoms with Crippen LogP contribution in [-0.4, -0.2) is 13.2 Å². The van der Waals surface area contributed by atoms with Crippen LogP contribution in [0, 0.1) is 0 Å². The summed E-state index contributed by atoms with van der Waals surface area (Å²) in [6, 6.07) is 16.1. The van der Waals surface area contributed by atoms with Crippen LogP contribution in [0.3, 0.4) is 0 Å². The minimum atomic E-state index is 0.201. The quantitative estimate of drug-likeness (QED) is 0.671. The van der Waals surface area contributed by atoms with E-state index in [-0.39, 0.29) is 6.10 Å². The molecule has 0 amide bonds. The molecule has 0 bridgehead atoms. The molecule has 1 aliphatic rings. The van der Waals surface area contributed by atoms with Crippen molar-refractivity contribution in [3.63, 3.8) is 0 Å². The van der Waals surface area contributed by atoms with E-state index in [1.165, 1.54) is 17.5 Å². The summed E-state index contributed by atoms with van der Waals surface area (Å²) >= 11 is 0. The summed E-state index contributed by atoms with van der Waals surface area (Å²) in [7, 11) is 0. The van der Waals surface area contributed by atoms with Crippen LogP contribution in [0.25, 0.3) is 0 Å². The molecule has 1 unspecified atom stereocenters. The van der Waals surface area contributed by atoms with Gasteiger partial charge in [-0.3, -0.25) is 0 Å². The van der Waals surface area contributed by atoms with Gasteiger partial charge in [0, 0.05) is 0 Å². The topological polar surface area (TPSA) is 44.5 Å². The van der Waals surface area contributed by atoms with Gasteiger partial charge < -0.3 is 15.2 Å². The van der Waals surface area contributed by atoms with E-state index in [4.69, 9.17) is 15.2 Å². The lowest BCUT2D eigenvalue weighted by Crippen LogP contribution is -2.16. The normalized spacial score (nSPS) is 17.2. The van der Waals surface area contributed by atoms with Crippen molar-refractivity contribution < 1.29 is 9.47 Å². The van der Waals surface area contributed by atoms with Crippen LogP contribution < -0.4 is 10.5 Å². The Morgan fingerprint density at radius 2 is 1.81 bits per heavy atom. The molecule has 21 heavy (non-hydrogen) atoms. The number of nitrogens with two attached hydrogens (primary N) is 1. The molecule has 0 aliphatic heterocycles. The van der Waals surface area contributed by atoms with Gasteiger partial charge in [-0.05, 0) is 42.5 Å². The van der Waals surface area contributed by atoms with Crippen molar-refractivity contribution in [2.75, 3.05) is 18.9 Å². The third kappa shape index (κ3) is 3.37. The average molecular weight is 283 g/mol. The van der Waals surface area contributed by atoms with Crippen LogP contribution in [0.1, 0.15) is 30.1 Å². The molecule has 2 aromatic rings. The summed E-state index contributed by atoms with van der Waals surface area (Å²) in [5, 5.41) is 0. The SMILES string of the molecule is Nc1ccccc1OCCOC1CCCc2ccccc21. The first-order valence-corrected chi connectivity index (χ1v) is 7.51. The molecular weight excluding hydrogens is 262 g/mol. The van der Waals surface area contributed by atoms with Gasteiger partial charge >= 0.3 is 0 Å². The van der Waals surface area contributed by atoms with Crippen LogP contribution in [0.4, 0.5) is 5.69 Å². The Morgan fingerprint density at radius 1 is 1.00 bits per heavy atom. The smallest absolute Gasteiger partial charge is 0.142 e. The molecule has 2 aromatic carbocycles. The third-order valence-electron chi connectivity index (χ3n) is 3.89. The van der Waals surface area contributed by atoms with Gasteiger partial charge in [0.15, 0.2) is 0 Å². The predicted molar refractivity (Wildman–Crippen MR) is 84.4 cm³/mol. The molecule has 0 heterocycles. The maximum Gasteiger partial charge on any atom is 0.142 e. The molecular formula is C18H21NO2. The second-order valence-electron chi connectivity index (χ2n) is 5.34. The Kier molecular flexibility index (Phi) is 4.41. The first-order valence-electron chi connectivity index (χ1n) is 7.51. The van der Waals surface area contributed by atoms with E-state index < -0.39 is 0 Å². The summed E-state index contributed by atoms with van der Waals surface area (Å²) in [5.74, 6) is 0.727. The number of rotatable bonds is 5. The minimum Gasteiger partial charge on any atom is -0.489 e. The third-order valence-corrected chi connectivity index (χ3v) is 3.89. The lowest BCUT2D eigenvalue weighted by molar-refractivity contribution is 0.0230. The van der Waals surface area contributed by atoms with E-state index in [1.807, 2.05) is 24.3 Å². The van der Waals surface area contributed by atoms with Gasteiger partial charge in [-0.1, -0.05) is 36.4 Å². The number of hydrogen-bond donors (Lipinski definition) is 1. The van der Waals surface area contributed by atoms with Crippen molar-refractivity contribution in [3.05, 3.63) is 59.7 Å². The highest BCUT2D eigenvalue weighted by Gasteiger charge is 2.19. The maximum atomic E-state index is 6.01. The van der Waals surface area contributed by atoms with Crippen LogP contribution in [0.5, 0.6) is 5.75 Å². The minimum absolute atomic E-state index is 0.201. The van der Waals surface area contributed by atoms with E-state index in [2.05, 4.69) is 24.3 Å². The Bertz CT molecular complexity index is 597. The number of nitrogen functional groups attached to an aromatic ring is 1. The predicted octanol–water partition coefficient (Wildman–Crippen LogP) is 3.74. The Hall–Kier alpha value is -2.00. The molecule has 1 aliphatic carbocycles. The second kappa shape index (κ2) is 6.64. The summed E-state index contributed by atoms with van der Waals surface area (Å²) in [4.78, 5) is 0.